The maximum atomic E-state index is 13.2. The van der Waals surface area contributed by atoms with Gasteiger partial charge in [0.05, 0.1) is 21.6 Å². The summed E-state index contributed by atoms with van der Waals surface area (Å²) in [5.41, 5.74) is -0.0864. The summed E-state index contributed by atoms with van der Waals surface area (Å²) in [5.74, 6) is 0.378. The van der Waals surface area contributed by atoms with E-state index in [4.69, 9.17) is 0 Å². The van der Waals surface area contributed by atoms with Crippen LogP contribution in [0.3, 0.4) is 0 Å². The van der Waals surface area contributed by atoms with Crippen molar-refractivity contribution < 1.29 is 13.2 Å². The smallest absolute Gasteiger partial charge is 0.363 e. The third-order valence-corrected chi connectivity index (χ3v) is 5.24. The number of alkyl halides is 3. The SMILES string of the molecule is Cc1c(C(C)Nc2ncnc3c(=O)n(C)c(Br)cc23)cccc1C(F)(F)F. The number of aromatic nitrogens is 3. The summed E-state index contributed by atoms with van der Waals surface area (Å²) >= 11 is 3.31. The van der Waals surface area contributed by atoms with Gasteiger partial charge < -0.3 is 9.88 Å². The lowest BCUT2D eigenvalue weighted by molar-refractivity contribution is -0.138. The summed E-state index contributed by atoms with van der Waals surface area (Å²) in [6.07, 6.45) is -3.16. The average molecular weight is 441 g/mol. The molecule has 3 rings (SSSR count). The van der Waals surface area contributed by atoms with Crippen LogP contribution in [0.4, 0.5) is 19.0 Å². The van der Waals surface area contributed by atoms with Crippen molar-refractivity contribution in [1.29, 1.82) is 0 Å². The fraction of sp³-hybridized carbons (Fsp3) is 0.278. The van der Waals surface area contributed by atoms with E-state index in [0.717, 1.165) is 6.07 Å². The van der Waals surface area contributed by atoms with Crippen molar-refractivity contribution in [3.05, 3.63) is 62.2 Å². The minimum absolute atomic E-state index is 0.153. The van der Waals surface area contributed by atoms with E-state index in [1.807, 2.05) is 0 Å². The number of rotatable bonds is 3. The average Bonchev–Trinajstić information content (AvgIpc) is 2.59. The predicted molar refractivity (Wildman–Crippen MR) is 101 cm³/mol. The fourth-order valence-electron chi connectivity index (χ4n) is 3.00. The minimum Gasteiger partial charge on any atom is -0.363 e. The number of pyridine rings is 1. The van der Waals surface area contributed by atoms with Gasteiger partial charge in [-0.2, -0.15) is 13.2 Å². The van der Waals surface area contributed by atoms with E-state index in [1.54, 1.807) is 26.1 Å². The molecule has 0 aliphatic rings. The first-order chi connectivity index (χ1) is 12.6. The highest BCUT2D eigenvalue weighted by Gasteiger charge is 2.33. The zero-order chi connectivity index (χ0) is 19.9. The van der Waals surface area contributed by atoms with Crippen LogP contribution in [0.15, 0.2) is 40.0 Å². The molecule has 0 spiro atoms. The molecule has 0 saturated carbocycles. The Hall–Kier alpha value is -2.42. The largest absolute Gasteiger partial charge is 0.416 e. The first-order valence-corrected chi connectivity index (χ1v) is 8.84. The van der Waals surface area contributed by atoms with Crippen LogP contribution in [-0.2, 0) is 13.2 Å². The lowest BCUT2D eigenvalue weighted by Gasteiger charge is -2.21. The third-order valence-electron chi connectivity index (χ3n) is 4.48. The van der Waals surface area contributed by atoms with Gasteiger partial charge in [-0.1, -0.05) is 12.1 Å². The molecule has 3 aromatic rings. The standard InChI is InChI=1S/C18H16BrF3N4O/c1-9-11(5-4-6-13(9)18(20,21)22)10(2)25-16-12-7-14(19)26(3)17(27)15(12)23-8-24-16/h4-8,10H,1-3H3,(H,23,24,25). The second-order valence-electron chi connectivity index (χ2n) is 6.20. The molecule has 0 aliphatic carbocycles. The van der Waals surface area contributed by atoms with Gasteiger partial charge in [0.25, 0.3) is 5.56 Å². The van der Waals surface area contributed by atoms with Gasteiger partial charge >= 0.3 is 6.18 Å². The maximum Gasteiger partial charge on any atom is 0.416 e. The maximum absolute atomic E-state index is 13.2. The molecule has 0 bridgehead atoms. The molecule has 0 aliphatic heterocycles. The zero-order valence-corrected chi connectivity index (χ0v) is 16.3. The molecule has 9 heteroatoms. The summed E-state index contributed by atoms with van der Waals surface area (Å²) in [4.78, 5) is 20.6. The molecule has 0 saturated heterocycles. The number of fused-ring (bicyclic) bond motifs is 1. The van der Waals surface area contributed by atoms with Gasteiger partial charge in [0.1, 0.15) is 17.7 Å². The molecule has 1 N–H and O–H groups in total. The summed E-state index contributed by atoms with van der Waals surface area (Å²) in [5, 5.41) is 3.60. The lowest BCUT2D eigenvalue weighted by atomic mass is 9.97. The van der Waals surface area contributed by atoms with Crippen LogP contribution in [0.1, 0.15) is 29.7 Å². The van der Waals surface area contributed by atoms with Gasteiger partial charge in [0, 0.05) is 7.05 Å². The van der Waals surface area contributed by atoms with Gasteiger partial charge in [0.2, 0.25) is 0 Å². The Kier molecular flexibility index (Phi) is 4.98. The first kappa shape index (κ1) is 19.3. The van der Waals surface area contributed by atoms with Crippen molar-refractivity contribution in [3.8, 4) is 0 Å². The Balaban J connectivity index is 2.06. The van der Waals surface area contributed by atoms with Crippen LogP contribution in [0.2, 0.25) is 0 Å². The van der Waals surface area contributed by atoms with Gasteiger partial charge in [-0.3, -0.25) is 4.79 Å². The second-order valence-corrected chi connectivity index (χ2v) is 7.01. The molecule has 1 atom stereocenters. The number of hydrogen-bond acceptors (Lipinski definition) is 4. The first-order valence-electron chi connectivity index (χ1n) is 8.04. The van der Waals surface area contributed by atoms with Gasteiger partial charge in [-0.05, 0) is 53.0 Å². The van der Waals surface area contributed by atoms with Crippen molar-refractivity contribution in [1.82, 2.24) is 14.5 Å². The summed E-state index contributed by atoms with van der Waals surface area (Å²) < 4.78 is 41.5. The van der Waals surface area contributed by atoms with Crippen molar-refractivity contribution in [3.63, 3.8) is 0 Å². The van der Waals surface area contributed by atoms with Crippen molar-refractivity contribution in [2.45, 2.75) is 26.1 Å². The molecule has 0 fully saturated rings. The highest BCUT2D eigenvalue weighted by atomic mass is 79.9. The van der Waals surface area contributed by atoms with E-state index in [1.165, 1.54) is 23.9 Å². The van der Waals surface area contributed by atoms with Crippen LogP contribution < -0.4 is 10.9 Å². The van der Waals surface area contributed by atoms with E-state index >= 15 is 0 Å². The van der Waals surface area contributed by atoms with Gasteiger partial charge in [-0.15, -0.1) is 0 Å². The van der Waals surface area contributed by atoms with Crippen molar-refractivity contribution in [2.24, 2.45) is 7.05 Å². The van der Waals surface area contributed by atoms with E-state index in [0.29, 0.717) is 21.4 Å². The number of halogens is 4. The molecule has 5 nitrogen and oxygen atoms in total. The molecular weight excluding hydrogens is 425 g/mol. The molecule has 27 heavy (non-hydrogen) atoms. The van der Waals surface area contributed by atoms with Crippen LogP contribution in [0, 0.1) is 6.92 Å². The summed E-state index contributed by atoms with van der Waals surface area (Å²) in [6.45, 7) is 3.19. The lowest BCUT2D eigenvalue weighted by Crippen LogP contribution is -2.20. The van der Waals surface area contributed by atoms with Gasteiger partial charge in [-0.25, -0.2) is 9.97 Å². The van der Waals surface area contributed by atoms with Crippen molar-refractivity contribution in [2.75, 3.05) is 5.32 Å². The van der Waals surface area contributed by atoms with Crippen LogP contribution in [0.25, 0.3) is 10.9 Å². The van der Waals surface area contributed by atoms with E-state index in [-0.39, 0.29) is 16.6 Å². The second kappa shape index (κ2) is 6.95. The van der Waals surface area contributed by atoms with Gasteiger partial charge in [0.15, 0.2) is 0 Å². The van der Waals surface area contributed by atoms with E-state index < -0.39 is 17.8 Å². The summed E-state index contributed by atoms with van der Waals surface area (Å²) in [6, 6.07) is 5.32. The Morgan fingerprint density at radius 2 is 1.96 bits per heavy atom. The summed E-state index contributed by atoms with van der Waals surface area (Å²) in [7, 11) is 1.61. The van der Waals surface area contributed by atoms with Crippen LogP contribution in [0.5, 0.6) is 0 Å². The molecule has 1 unspecified atom stereocenters. The number of nitrogens with zero attached hydrogens (tertiary/aromatic N) is 3. The highest BCUT2D eigenvalue weighted by Crippen LogP contribution is 2.35. The molecule has 0 radical (unpaired) electrons. The van der Waals surface area contributed by atoms with Crippen molar-refractivity contribution >= 4 is 32.7 Å². The number of anilines is 1. The topological polar surface area (TPSA) is 59.8 Å². The number of hydrogen-bond donors (Lipinski definition) is 1. The zero-order valence-electron chi connectivity index (χ0n) is 14.7. The monoisotopic (exact) mass is 440 g/mol. The fourth-order valence-corrected chi connectivity index (χ4v) is 3.39. The van der Waals surface area contributed by atoms with Crippen LogP contribution in [-0.4, -0.2) is 14.5 Å². The Bertz CT molecular complexity index is 1080. The Labute approximate surface area is 161 Å². The number of benzene rings is 1. The quantitative estimate of drug-likeness (QED) is 0.605. The van der Waals surface area contributed by atoms with E-state index in [2.05, 4.69) is 31.2 Å². The highest BCUT2D eigenvalue weighted by molar-refractivity contribution is 9.10. The predicted octanol–water partition coefficient (Wildman–Crippen LogP) is 4.59. The minimum atomic E-state index is -4.42. The van der Waals surface area contributed by atoms with E-state index in [9.17, 15) is 18.0 Å². The number of nitrogens with one attached hydrogen (secondary N) is 1. The molecule has 1 aromatic carbocycles. The third kappa shape index (κ3) is 3.55. The molecule has 0 amide bonds. The molecule has 142 valence electrons. The Morgan fingerprint density at radius 3 is 2.63 bits per heavy atom. The normalized spacial score (nSPS) is 13.0. The molecule has 2 aromatic heterocycles. The van der Waals surface area contributed by atoms with Crippen LogP contribution >= 0.6 is 15.9 Å². The molecule has 2 heterocycles. The molecular formula is C18H16BrF3N4O. The Morgan fingerprint density at radius 1 is 1.26 bits per heavy atom.